The molecule has 1 heterocycles. The third-order valence-electron chi connectivity index (χ3n) is 6.95. The number of nitrogens with zero attached hydrogens (tertiary/aromatic N) is 1. The number of fused-ring (bicyclic) bond motifs is 1. The van der Waals surface area contributed by atoms with Crippen LogP contribution in [0.15, 0.2) is 71.9 Å². The Labute approximate surface area is 189 Å². The van der Waals surface area contributed by atoms with Crippen LogP contribution in [-0.4, -0.2) is 11.7 Å². The van der Waals surface area contributed by atoms with E-state index in [-0.39, 0.29) is 23.0 Å². The second kappa shape index (κ2) is 7.44. The number of allylic oxidation sites excluding steroid dienone is 2. The van der Waals surface area contributed by atoms with E-state index >= 15 is 0 Å². The molecule has 0 fully saturated rings. The second-order valence-electron chi connectivity index (χ2n) is 10.1. The van der Waals surface area contributed by atoms with Crippen LogP contribution in [0.1, 0.15) is 55.7 Å². The Bertz CT molecular complexity index is 1290. The number of carbonyl (C=O) groups excluding carboxylic acids is 2. The lowest BCUT2D eigenvalue weighted by Crippen LogP contribution is -2.44. The first-order chi connectivity index (χ1) is 15.2. The highest BCUT2D eigenvalue weighted by atomic mass is 16.2. The molecular formula is C29H29NO2. The zero-order valence-electron chi connectivity index (χ0n) is 19.2. The van der Waals surface area contributed by atoms with Crippen LogP contribution >= 0.6 is 0 Å². The molecule has 0 bridgehead atoms. The molecule has 1 amide bonds. The quantitative estimate of drug-likeness (QED) is 0.464. The van der Waals surface area contributed by atoms with Crippen LogP contribution in [0.4, 0.5) is 5.69 Å². The van der Waals surface area contributed by atoms with E-state index in [1.54, 1.807) is 0 Å². The van der Waals surface area contributed by atoms with Crippen molar-refractivity contribution in [3.05, 3.63) is 88.6 Å². The first-order valence-corrected chi connectivity index (χ1v) is 11.4. The second-order valence-corrected chi connectivity index (χ2v) is 10.1. The topological polar surface area (TPSA) is 37.4 Å². The summed E-state index contributed by atoms with van der Waals surface area (Å²) in [4.78, 5) is 29.2. The zero-order chi connectivity index (χ0) is 22.6. The number of aryl methyl sites for hydroxylation is 2. The Morgan fingerprint density at radius 3 is 2.47 bits per heavy atom. The summed E-state index contributed by atoms with van der Waals surface area (Å²) in [6.07, 6.45) is 1.54. The summed E-state index contributed by atoms with van der Waals surface area (Å²) < 4.78 is 0. The van der Waals surface area contributed by atoms with Crippen LogP contribution in [0.25, 0.3) is 10.8 Å². The molecule has 1 aliphatic heterocycles. The van der Waals surface area contributed by atoms with Gasteiger partial charge in [-0.1, -0.05) is 68.4 Å². The minimum Gasteiger partial charge on any atom is -0.294 e. The smallest absolute Gasteiger partial charge is 0.232 e. The first kappa shape index (κ1) is 20.7. The van der Waals surface area contributed by atoms with Gasteiger partial charge < -0.3 is 0 Å². The van der Waals surface area contributed by atoms with Gasteiger partial charge in [0.2, 0.25) is 5.91 Å². The predicted octanol–water partition coefficient (Wildman–Crippen LogP) is 6.62. The maximum atomic E-state index is 13.7. The van der Waals surface area contributed by atoms with Crippen LogP contribution in [0.3, 0.4) is 0 Å². The molecule has 5 rings (SSSR count). The van der Waals surface area contributed by atoms with E-state index in [9.17, 15) is 9.59 Å². The maximum Gasteiger partial charge on any atom is 0.232 e. The van der Waals surface area contributed by atoms with E-state index in [1.807, 2.05) is 36.9 Å². The summed E-state index contributed by atoms with van der Waals surface area (Å²) in [5, 5.41) is 2.26. The number of Topliss-reactive ketones (excluding diaryl/α,β-unsaturated/α-hetero) is 1. The van der Waals surface area contributed by atoms with Crippen LogP contribution in [0.2, 0.25) is 0 Å². The maximum absolute atomic E-state index is 13.7. The molecule has 162 valence electrons. The van der Waals surface area contributed by atoms with Gasteiger partial charge in [0, 0.05) is 30.0 Å². The Morgan fingerprint density at radius 1 is 0.906 bits per heavy atom. The van der Waals surface area contributed by atoms with E-state index in [0.717, 1.165) is 44.4 Å². The molecule has 0 saturated heterocycles. The Morgan fingerprint density at radius 2 is 1.66 bits per heavy atom. The molecule has 0 spiro atoms. The van der Waals surface area contributed by atoms with Gasteiger partial charge in [-0.2, -0.15) is 0 Å². The van der Waals surface area contributed by atoms with Crippen molar-refractivity contribution in [3.8, 4) is 0 Å². The number of amides is 1. The van der Waals surface area contributed by atoms with Crippen LogP contribution < -0.4 is 4.90 Å². The SMILES string of the molecule is Cc1ccc(C)c(N2C(=O)CC(c3cccc4ccccc34)C3=C2CC(C)(C)CC3=O)c1. The largest absolute Gasteiger partial charge is 0.294 e. The lowest BCUT2D eigenvalue weighted by Gasteiger charge is -2.43. The Hall–Kier alpha value is -3.20. The fourth-order valence-corrected chi connectivity index (χ4v) is 5.48. The van der Waals surface area contributed by atoms with Crippen LogP contribution in [0.5, 0.6) is 0 Å². The van der Waals surface area contributed by atoms with Gasteiger partial charge in [-0.3, -0.25) is 14.5 Å². The summed E-state index contributed by atoms with van der Waals surface area (Å²) in [6.45, 7) is 8.33. The molecule has 0 radical (unpaired) electrons. The van der Waals surface area contributed by atoms with Gasteiger partial charge in [-0.25, -0.2) is 0 Å². The lowest BCUT2D eigenvalue weighted by atomic mass is 9.68. The fourth-order valence-electron chi connectivity index (χ4n) is 5.48. The summed E-state index contributed by atoms with van der Waals surface area (Å²) >= 11 is 0. The van der Waals surface area contributed by atoms with E-state index < -0.39 is 0 Å². The highest BCUT2D eigenvalue weighted by Crippen LogP contribution is 2.49. The molecule has 0 N–H and O–H groups in total. The molecule has 0 saturated carbocycles. The van der Waals surface area contributed by atoms with Gasteiger partial charge in [0.1, 0.15) is 0 Å². The van der Waals surface area contributed by atoms with Gasteiger partial charge in [0.05, 0.1) is 5.69 Å². The molecule has 3 aromatic rings. The summed E-state index contributed by atoms with van der Waals surface area (Å²) in [5.74, 6) is 0.0476. The summed E-state index contributed by atoms with van der Waals surface area (Å²) in [6, 6.07) is 20.7. The van der Waals surface area contributed by atoms with Crippen molar-refractivity contribution >= 4 is 28.2 Å². The van der Waals surface area contributed by atoms with Crippen LogP contribution in [0, 0.1) is 19.3 Å². The van der Waals surface area contributed by atoms with Gasteiger partial charge >= 0.3 is 0 Å². The number of ketones is 1. The Balaban J connectivity index is 1.76. The molecule has 0 aromatic heterocycles. The molecule has 1 unspecified atom stereocenters. The van der Waals surface area contributed by atoms with Crippen molar-refractivity contribution in [2.45, 2.75) is 52.9 Å². The van der Waals surface area contributed by atoms with E-state index in [1.165, 1.54) is 0 Å². The van der Waals surface area contributed by atoms with Gasteiger partial charge in [-0.15, -0.1) is 0 Å². The minimum absolute atomic E-state index is 0.0703. The normalized spacial score (nSPS) is 20.6. The number of hydrogen-bond donors (Lipinski definition) is 0. The van der Waals surface area contributed by atoms with Crippen LogP contribution in [-0.2, 0) is 9.59 Å². The minimum atomic E-state index is -0.200. The molecule has 3 aromatic carbocycles. The number of carbonyl (C=O) groups is 2. The standard InChI is InChI=1S/C29H29NO2/c1-18-12-13-19(2)24(14-18)30-25-16-29(3,4)17-26(31)28(25)23(15-27(30)32)22-11-7-9-20-8-5-6-10-21(20)22/h5-14,23H,15-17H2,1-4H3. The van der Waals surface area contributed by atoms with Gasteiger partial charge in [0.15, 0.2) is 5.78 Å². The predicted molar refractivity (Wildman–Crippen MR) is 130 cm³/mol. The lowest BCUT2D eigenvalue weighted by molar-refractivity contribution is -0.121. The summed E-state index contributed by atoms with van der Waals surface area (Å²) in [7, 11) is 0. The van der Waals surface area contributed by atoms with E-state index in [0.29, 0.717) is 19.3 Å². The molecule has 1 atom stereocenters. The average Bonchev–Trinajstić information content (AvgIpc) is 2.74. The van der Waals surface area contributed by atoms with Crippen molar-refractivity contribution < 1.29 is 9.59 Å². The van der Waals surface area contributed by atoms with Crippen molar-refractivity contribution in [2.75, 3.05) is 4.90 Å². The number of anilines is 1. The highest BCUT2D eigenvalue weighted by molar-refractivity contribution is 6.09. The third kappa shape index (κ3) is 3.37. The van der Waals surface area contributed by atoms with E-state index in [2.05, 4.69) is 56.3 Å². The average molecular weight is 424 g/mol. The number of hydrogen-bond acceptors (Lipinski definition) is 2. The zero-order valence-corrected chi connectivity index (χ0v) is 19.2. The van der Waals surface area contributed by atoms with Gasteiger partial charge in [-0.05, 0) is 59.2 Å². The van der Waals surface area contributed by atoms with Crippen molar-refractivity contribution in [3.63, 3.8) is 0 Å². The number of rotatable bonds is 2. The molecule has 32 heavy (non-hydrogen) atoms. The highest BCUT2D eigenvalue weighted by Gasteiger charge is 2.44. The molecule has 2 aliphatic rings. The molecule has 3 heteroatoms. The monoisotopic (exact) mass is 423 g/mol. The third-order valence-corrected chi connectivity index (χ3v) is 6.95. The van der Waals surface area contributed by atoms with Crippen molar-refractivity contribution in [1.29, 1.82) is 0 Å². The fraction of sp³-hybridized carbons (Fsp3) is 0.310. The van der Waals surface area contributed by atoms with Gasteiger partial charge in [0.25, 0.3) is 0 Å². The number of benzene rings is 3. The Kier molecular flexibility index (Phi) is 4.81. The van der Waals surface area contributed by atoms with Crippen molar-refractivity contribution in [2.24, 2.45) is 5.41 Å². The first-order valence-electron chi connectivity index (χ1n) is 11.4. The molecule has 3 nitrogen and oxygen atoms in total. The molecule has 1 aliphatic carbocycles. The molecular weight excluding hydrogens is 394 g/mol. The van der Waals surface area contributed by atoms with Crippen molar-refractivity contribution in [1.82, 2.24) is 0 Å². The van der Waals surface area contributed by atoms with E-state index in [4.69, 9.17) is 0 Å². The summed E-state index contributed by atoms with van der Waals surface area (Å²) in [5.41, 5.74) is 5.71.